The molecule has 1 heterocycles. The summed E-state index contributed by atoms with van der Waals surface area (Å²) in [6, 6.07) is 25.3. The molecule has 0 aliphatic heterocycles. The molecule has 0 saturated carbocycles. The Bertz CT molecular complexity index is 1260. The van der Waals surface area contributed by atoms with E-state index in [1.807, 2.05) is 91.3 Å². The Balaban J connectivity index is 1.63. The first-order valence-electron chi connectivity index (χ1n) is 10.3. The Labute approximate surface area is 187 Å². The monoisotopic (exact) mass is 424 g/mol. The zero-order valence-electron chi connectivity index (χ0n) is 18.2. The number of para-hydroxylation sites is 1. The zero-order chi connectivity index (χ0) is 22.5. The van der Waals surface area contributed by atoms with Crippen LogP contribution in [0, 0.1) is 13.8 Å². The minimum absolute atomic E-state index is 0.288. The van der Waals surface area contributed by atoms with E-state index in [1.165, 1.54) is 5.56 Å². The largest absolute Gasteiger partial charge is 0.497 e. The van der Waals surface area contributed by atoms with Gasteiger partial charge in [0.25, 0.3) is 5.91 Å². The fraction of sp³-hybridized carbons (Fsp3) is 0.115. The van der Waals surface area contributed by atoms with Gasteiger partial charge in [-0.3, -0.25) is 4.79 Å². The molecule has 0 fully saturated rings. The van der Waals surface area contributed by atoms with Gasteiger partial charge in [0.2, 0.25) is 0 Å². The molecular formula is C26H24N4O2. The summed E-state index contributed by atoms with van der Waals surface area (Å²) in [4.78, 5) is 12.8. The van der Waals surface area contributed by atoms with Crippen molar-refractivity contribution in [1.29, 1.82) is 0 Å². The Morgan fingerprint density at radius 3 is 2.41 bits per heavy atom. The maximum atomic E-state index is 12.8. The van der Waals surface area contributed by atoms with Gasteiger partial charge < -0.3 is 4.74 Å². The van der Waals surface area contributed by atoms with E-state index >= 15 is 0 Å². The van der Waals surface area contributed by atoms with Crippen LogP contribution in [0.4, 0.5) is 0 Å². The van der Waals surface area contributed by atoms with Gasteiger partial charge in [-0.1, -0.05) is 48.0 Å². The van der Waals surface area contributed by atoms with E-state index in [4.69, 9.17) is 4.74 Å². The summed E-state index contributed by atoms with van der Waals surface area (Å²) in [6.45, 7) is 4.07. The summed E-state index contributed by atoms with van der Waals surface area (Å²) in [5.74, 6) is 0.382. The Kier molecular flexibility index (Phi) is 6.12. The van der Waals surface area contributed by atoms with Gasteiger partial charge >= 0.3 is 0 Å². The summed E-state index contributed by atoms with van der Waals surface area (Å²) in [6.07, 6.45) is 1.58. The van der Waals surface area contributed by atoms with Crippen molar-refractivity contribution in [2.45, 2.75) is 13.8 Å². The highest BCUT2D eigenvalue weighted by atomic mass is 16.5. The highest BCUT2D eigenvalue weighted by Crippen LogP contribution is 2.26. The predicted molar refractivity (Wildman–Crippen MR) is 127 cm³/mol. The SMILES string of the molecule is COc1ccc(/C=N\NC(=O)c2cc(-c3ccc(C)cc3)n(-c3ccccc3C)n2)cc1. The zero-order valence-corrected chi connectivity index (χ0v) is 18.2. The van der Waals surface area contributed by atoms with E-state index < -0.39 is 0 Å². The standard InChI is InChI=1S/C26H24N4O2/c1-18-8-12-21(13-9-18)25-16-23(29-30(25)24-7-5-4-6-19(24)2)26(31)28-27-17-20-10-14-22(32-3)15-11-20/h4-17H,1-3H3,(H,28,31)/b27-17-. The number of benzene rings is 3. The molecule has 3 aromatic carbocycles. The van der Waals surface area contributed by atoms with Crippen molar-refractivity contribution in [3.05, 3.63) is 101 Å². The first-order chi connectivity index (χ1) is 15.5. The summed E-state index contributed by atoms with van der Waals surface area (Å²) in [5.41, 5.74) is 8.67. The second-order valence-corrected chi connectivity index (χ2v) is 7.45. The van der Waals surface area contributed by atoms with Crippen LogP contribution in [-0.4, -0.2) is 29.0 Å². The molecule has 0 radical (unpaired) electrons. The number of methoxy groups -OCH3 is 1. The number of nitrogens with zero attached hydrogens (tertiary/aromatic N) is 3. The summed E-state index contributed by atoms with van der Waals surface area (Å²) < 4.78 is 6.95. The third-order valence-electron chi connectivity index (χ3n) is 5.13. The molecule has 6 heteroatoms. The molecule has 0 aliphatic rings. The van der Waals surface area contributed by atoms with Crippen molar-refractivity contribution in [2.75, 3.05) is 7.11 Å². The maximum absolute atomic E-state index is 12.8. The first-order valence-corrected chi connectivity index (χ1v) is 10.3. The van der Waals surface area contributed by atoms with Gasteiger partial charge in [0.1, 0.15) is 5.75 Å². The maximum Gasteiger partial charge on any atom is 0.291 e. The molecule has 0 spiro atoms. The molecular weight excluding hydrogens is 400 g/mol. The van der Waals surface area contributed by atoms with Gasteiger partial charge in [-0.05, 0) is 61.4 Å². The number of amides is 1. The number of carbonyl (C=O) groups excluding carboxylic acids is 1. The number of nitrogens with one attached hydrogen (secondary N) is 1. The third kappa shape index (κ3) is 4.59. The lowest BCUT2D eigenvalue weighted by atomic mass is 10.1. The highest BCUT2D eigenvalue weighted by molar-refractivity contribution is 5.94. The van der Waals surface area contributed by atoms with Crippen molar-refractivity contribution < 1.29 is 9.53 Å². The molecule has 1 aromatic heterocycles. The van der Waals surface area contributed by atoms with Crippen molar-refractivity contribution in [2.24, 2.45) is 5.10 Å². The van der Waals surface area contributed by atoms with E-state index in [0.717, 1.165) is 33.8 Å². The third-order valence-corrected chi connectivity index (χ3v) is 5.13. The van der Waals surface area contributed by atoms with Gasteiger partial charge in [0.05, 0.1) is 24.7 Å². The van der Waals surface area contributed by atoms with E-state index in [0.29, 0.717) is 0 Å². The summed E-state index contributed by atoms with van der Waals surface area (Å²) in [7, 11) is 1.62. The molecule has 0 atom stereocenters. The molecule has 0 unspecified atom stereocenters. The van der Waals surface area contributed by atoms with Crippen LogP contribution in [0.1, 0.15) is 27.2 Å². The molecule has 32 heavy (non-hydrogen) atoms. The first kappa shape index (κ1) is 21.1. The number of ether oxygens (including phenoxy) is 1. The highest BCUT2D eigenvalue weighted by Gasteiger charge is 2.17. The van der Waals surface area contributed by atoms with E-state index in [9.17, 15) is 4.79 Å². The van der Waals surface area contributed by atoms with Gasteiger partial charge in [0.15, 0.2) is 5.69 Å². The van der Waals surface area contributed by atoms with Crippen LogP contribution in [0.3, 0.4) is 0 Å². The number of aromatic nitrogens is 2. The summed E-state index contributed by atoms with van der Waals surface area (Å²) in [5, 5.41) is 8.67. The number of rotatable bonds is 6. The van der Waals surface area contributed by atoms with Crippen LogP contribution in [-0.2, 0) is 0 Å². The van der Waals surface area contributed by atoms with Crippen LogP contribution >= 0.6 is 0 Å². The fourth-order valence-corrected chi connectivity index (χ4v) is 3.32. The number of hydrogen-bond acceptors (Lipinski definition) is 4. The van der Waals surface area contributed by atoms with Crippen molar-refractivity contribution in [3.63, 3.8) is 0 Å². The molecule has 1 amide bonds. The van der Waals surface area contributed by atoms with Crippen molar-refractivity contribution in [3.8, 4) is 22.7 Å². The second kappa shape index (κ2) is 9.31. The number of aryl methyl sites for hydroxylation is 2. The molecule has 160 valence electrons. The second-order valence-electron chi connectivity index (χ2n) is 7.45. The van der Waals surface area contributed by atoms with Gasteiger partial charge in [-0.2, -0.15) is 10.2 Å². The van der Waals surface area contributed by atoms with E-state index in [1.54, 1.807) is 19.4 Å². The van der Waals surface area contributed by atoms with Crippen LogP contribution in [0.2, 0.25) is 0 Å². The minimum atomic E-state index is -0.379. The van der Waals surface area contributed by atoms with Gasteiger partial charge in [0, 0.05) is 5.56 Å². The fourth-order valence-electron chi connectivity index (χ4n) is 3.32. The van der Waals surface area contributed by atoms with Gasteiger partial charge in [-0.25, -0.2) is 10.1 Å². The van der Waals surface area contributed by atoms with Crippen molar-refractivity contribution >= 4 is 12.1 Å². The number of carbonyl (C=O) groups is 1. The molecule has 4 rings (SSSR count). The molecule has 0 saturated heterocycles. The lowest BCUT2D eigenvalue weighted by molar-refractivity contribution is 0.0949. The number of hydrazone groups is 1. The van der Waals surface area contributed by atoms with Crippen LogP contribution < -0.4 is 10.2 Å². The number of hydrogen-bond donors (Lipinski definition) is 1. The van der Waals surface area contributed by atoms with Gasteiger partial charge in [-0.15, -0.1) is 0 Å². The molecule has 4 aromatic rings. The average Bonchev–Trinajstić information content (AvgIpc) is 3.25. The molecule has 0 bridgehead atoms. The van der Waals surface area contributed by atoms with Crippen LogP contribution in [0.15, 0.2) is 84.0 Å². The molecule has 1 N–H and O–H groups in total. The average molecular weight is 425 g/mol. The summed E-state index contributed by atoms with van der Waals surface area (Å²) >= 11 is 0. The smallest absolute Gasteiger partial charge is 0.291 e. The Hall–Kier alpha value is -4.19. The van der Waals surface area contributed by atoms with Crippen molar-refractivity contribution in [1.82, 2.24) is 15.2 Å². The lowest BCUT2D eigenvalue weighted by Gasteiger charge is -2.10. The quantitative estimate of drug-likeness (QED) is 0.353. The Morgan fingerprint density at radius 1 is 1.00 bits per heavy atom. The predicted octanol–water partition coefficient (Wildman–Crippen LogP) is 4.93. The Morgan fingerprint density at radius 2 is 1.72 bits per heavy atom. The topological polar surface area (TPSA) is 68.5 Å². The van der Waals surface area contributed by atoms with E-state index in [2.05, 4.69) is 15.6 Å². The molecule has 0 aliphatic carbocycles. The van der Waals surface area contributed by atoms with Crippen LogP contribution in [0.5, 0.6) is 5.75 Å². The lowest BCUT2D eigenvalue weighted by Crippen LogP contribution is -2.18. The normalized spacial score (nSPS) is 11.0. The van der Waals surface area contributed by atoms with E-state index in [-0.39, 0.29) is 11.6 Å². The van der Waals surface area contributed by atoms with Crippen LogP contribution in [0.25, 0.3) is 16.9 Å². The minimum Gasteiger partial charge on any atom is -0.497 e. The molecule has 6 nitrogen and oxygen atoms in total.